The second kappa shape index (κ2) is 7.58. The summed E-state index contributed by atoms with van der Waals surface area (Å²) in [6, 6.07) is 8.28. The van der Waals surface area contributed by atoms with Gasteiger partial charge in [0.05, 0.1) is 0 Å². The van der Waals surface area contributed by atoms with Crippen LogP contribution in [0.4, 0.5) is 0 Å². The first-order valence-corrected chi connectivity index (χ1v) is 8.68. The van der Waals surface area contributed by atoms with Crippen LogP contribution >= 0.6 is 15.9 Å². The molecule has 0 amide bonds. The molecule has 0 bridgehead atoms. The molecule has 1 saturated heterocycles. The quantitative estimate of drug-likeness (QED) is 0.830. The largest absolute Gasteiger partial charge is 0.313 e. The normalized spacial score (nSPS) is 23.4. The minimum Gasteiger partial charge on any atom is -0.313 e. The molecule has 1 aromatic rings. The van der Waals surface area contributed by atoms with Crippen molar-refractivity contribution in [3.8, 4) is 0 Å². The number of halogens is 1. The number of likely N-dealkylation sites (tertiary alicyclic amines) is 1. The molecule has 0 aromatic heterocycles. The molecule has 1 aromatic carbocycles. The van der Waals surface area contributed by atoms with Crippen LogP contribution in [0.3, 0.4) is 0 Å². The molecule has 0 spiro atoms. The van der Waals surface area contributed by atoms with E-state index in [0.717, 1.165) is 25.7 Å². The third kappa shape index (κ3) is 3.84. The van der Waals surface area contributed by atoms with Crippen molar-refractivity contribution in [1.82, 2.24) is 10.2 Å². The molecule has 3 heteroatoms. The van der Waals surface area contributed by atoms with E-state index in [1.165, 1.54) is 34.9 Å². The van der Waals surface area contributed by atoms with E-state index in [4.69, 9.17) is 0 Å². The Morgan fingerprint density at radius 2 is 2.10 bits per heavy atom. The van der Waals surface area contributed by atoms with E-state index in [2.05, 4.69) is 65.1 Å². The lowest BCUT2D eigenvalue weighted by Crippen LogP contribution is -2.33. The zero-order valence-corrected chi connectivity index (χ0v) is 14.5. The van der Waals surface area contributed by atoms with Crippen molar-refractivity contribution < 1.29 is 0 Å². The lowest BCUT2D eigenvalue weighted by Gasteiger charge is -2.28. The smallest absolute Gasteiger partial charge is 0.0250 e. The maximum Gasteiger partial charge on any atom is 0.0250 e. The summed E-state index contributed by atoms with van der Waals surface area (Å²) < 4.78 is 1.25. The number of nitrogens with zero attached hydrogens (tertiary/aromatic N) is 1. The van der Waals surface area contributed by atoms with Crippen molar-refractivity contribution in [1.29, 1.82) is 0 Å². The average molecular weight is 339 g/mol. The first-order chi connectivity index (χ1) is 9.65. The minimum atomic E-state index is 0.716. The number of hydrogen-bond donors (Lipinski definition) is 1. The van der Waals surface area contributed by atoms with Gasteiger partial charge in [-0.2, -0.15) is 0 Å². The van der Waals surface area contributed by atoms with Crippen molar-refractivity contribution in [3.05, 3.63) is 33.8 Å². The Kier molecular flexibility index (Phi) is 6.06. The summed E-state index contributed by atoms with van der Waals surface area (Å²) in [4.78, 5) is 2.67. The Morgan fingerprint density at radius 3 is 2.75 bits per heavy atom. The fraction of sp³-hybridized carbons (Fsp3) is 0.647. The van der Waals surface area contributed by atoms with Gasteiger partial charge in [0.2, 0.25) is 0 Å². The summed E-state index contributed by atoms with van der Waals surface area (Å²) in [6.45, 7) is 9.86. The minimum absolute atomic E-state index is 0.716. The predicted octanol–water partition coefficient (Wildman–Crippen LogP) is 4.32. The molecule has 1 heterocycles. The topological polar surface area (TPSA) is 15.3 Å². The van der Waals surface area contributed by atoms with Crippen LogP contribution in [0.1, 0.15) is 51.2 Å². The lowest BCUT2D eigenvalue weighted by atomic mass is 10.1. The van der Waals surface area contributed by atoms with Gasteiger partial charge in [0.1, 0.15) is 0 Å². The molecule has 2 nitrogen and oxygen atoms in total. The Balaban J connectivity index is 2.05. The Labute approximate surface area is 132 Å². The third-order valence-electron chi connectivity index (χ3n) is 4.47. The number of rotatable bonds is 6. The van der Waals surface area contributed by atoms with Crippen LogP contribution in [0, 0.1) is 0 Å². The second-order valence-electron chi connectivity index (χ2n) is 5.87. The van der Waals surface area contributed by atoms with E-state index in [0.29, 0.717) is 6.04 Å². The number of hydrogen-bond acceptors (Lipinski definition) is 2. The van der Waals surface area contributed by atoms with Crippen LogP contribution in [0.25, 0.3) is 0 Å². The fourth-order valence-corrected chi connectivity index (χ4v) is 3.70. The zero-order valence-electron chi connectivity index (χ0n) is 13.0. The van der Waals surface area contributed by atoms with E-state index in [9.17, 15) is 0 Å². The average Bonchev–Trinajstić information content (AvgIpc) is 2.80. The van der Waals surface area contributed by atoms with Gasteiger partial charge in [0.25, 0.3) is 0 Å². The van der Waals surface area contributed by atoms with Crippen LogP contribution in [0.2, 0.25) is 0 Å². The van der Waals surface area contributed by atoms with E-state index in [1.807, 2.05) is 0 Å². The second-order valence-corrected chi connectivity index (χ2v) is 6.72. The Hall–Kier alpha value is -0.380. The van der Waals surface area contributed by atoms with Crippen LogP contribution in [0.15, 0.2) is 22.7 Å². The molecule has 1 N–H and O–H groups in total. The molecule has 2 rings (SSSR count). The van der Waals surface area contributed by atoms with Crippen LogP contribution in [-0.2, 0) is 13.1 Å². The molecule has 112 valence electrons. The molecule has 20 heavy (non-hydrogen) atoms. The van der Waals surface area contributed by atoms with Crippen LogP contribution < -0.4 is 5.32 Å². The molecule has 1 fully saturated rings. The maximum atomic E-state index is 3.75. The van der Waals surface area contributed by atoms with Crippen LogP contribution in [-0.4, -0.2) is 23.5 Å². The van der Waals surface area contributed by atoms with Crippen LogP contribution in [0.5, 0.6) is 0 Å². The first kappa shape index (κ1) is 16.0. The lowest BCUT2D eigenvalue weighted by molar-refractivity contribution is 0.189. The van der Waals surface area contributed by atoms with Crippen molar-refractivity contribution in [2.45, 2.75) is 65.2 Å². The molecular formula is C17H27BrN2. The summed E-state index contributed by atoms with van der Waals surface area (Å²) in [7, 11) is 0. The van der Waals surface area contributed by atoms with Crippen molar-refractivity contribution >= 4 is 15.9 Å². The first-order valence-electron chi connectivity index (χ1n) is 7.89. The van der Waals surface area contributed by atoms with Gasteiger partial charge in [-0.1, -0.05) is 41.9 Å². The molecule has 0 saturated carbocycles. The maximum absolute atomic E-state index is 3.75. The van der Waals surface area contributed by atoms with E-state index in [-0.39, 0.29) is 0 Å². The Morgan fingerprint density at radius 1 is 1.30 bits per heavy atom. The highest BCUT2D eigenvalue weighted by atomic mass is 79.9. The van der Waals surface area contributed by atoms with E-state index < -0.39 is 0 Å². The SMILES string of the molecule is CCNCc1ccc(CN2C(C)CCC2CC)c(Br)c1. The highest BCUT2D eigenvalue weighted by molar-refractivity contribution is 9.10. The summed E-state index contributed by atoms with van der Waals surface area (Å²) in [6.07, 6.45) is 3.96. The van der Waals surface area contributed by atoms with Gasteiger partial charge < -0.3 is 5.32 Å². The molecule has 0 aliphatic carbocycles. The molecule has 0 radical (unpaired) electrons. The molecular weight excluding hydrogens is 312 g/mol. The van der Waals surface area contributed by atoms with Gasteiger partial charge >= 0.3 is 0 Å². The summed E-state index contributed by atoms with van der Waals surface area (Å²) >= 11 is 3.75. The third-order valence-corrected chi connectivity index (χ3v) is 5.21. The summed E-state index contributed by atoms with van der Waals surface area (Å²) in [5.74, 6) is 0. The van der Waals surface area contributed by atoms with E-state index >= 15 is 0 Å². The molecule has 2 atom stereocenters. The van der Waals surface area contributed by atoms with Gasteiger partial charge in [0.15, 0.2) is 0 Å². The van der Waals surface area contributed by atoms with Crippen molar-refractivity contribution in [2.75, 3.05) is 6.54 Å². The van der Waals surface area contributed by atoms with Gasteiger partial charge in [0, 0.05) is 29.6 Å². The van der Waals surface area contributed by atoms with Gasteiger partial charge in [-0.25, -0.2) is 0 Å². The highest BCUT2D eigenvalue weighted by Crippen LogP contribution is 2.30. The monoisotopic (exact) mass is 338 g/mol. The zero-order chi connectivity index (χ0) is 14.5. The van der Waals surface area contributed by atoms with Gasteiger partial charge in [-0.15, -0.1) is 0 Å². The molecule has 1 aliphatic heterocycles. The summed E-state index contributed by atoms with van der Waals surface area (Å²) in [5, 5.41) is 3.38. The van der Waals surface area contributed by atoms with Crippen molar-refractivity contribution in [3.63, 3.8) is 0 Å². The molecule has 1 aliphatic rings. The number of benzene rings is 1. The fourth-order valence-electron chi connectivity index (χ4n) is 3.14. The van der Waals surface area contributed by atoms with E-state index in [1.54, 1.807) is 0 Å². The standard InChI is InChI=1S/C17H27BrN2/c1-4-16-9-6-13(3)20(16)12-15-8-7-14(10-17(15)18)11-19-5-2/h7-8,10,13,16,19H,4-6,9,11-12H2,1-3H3. The highest BCUT2D eigenvalue weighted by Gasteiger charge is 2.29. The number of nitrogens with one attached hydrogen (secondary N) is 1. The molecule has 2 unspecified atom stereocenters. The van der Waals surface area contributed by atoms with Crippen molar-refractivity contribution in [2.24, 2.45) is 0 Å². The summed E-state index contributed by atoms with van der Waals surface area (Å²) in [5.41, 5.74) is 2.77. The van der Waals surface area contributed by atoms with Gasteiger partial charge in [-0.3, -0.25) is 4.90 Å². The Bertz CT molecular complexity index is 433. The van der Waals surface area contributed by atoms with Gasteiger partial charge in [-0.05, 0) is 49.9 Å². The predicted molar refractivity (Wildman–Crippen MR) is 89.8 cm³/mol.